The molecule has 1 heterocycles. The number of nitrogens with one attached hydrogen (secondary N) is 1. The molecular formula is C19H25NO4S. The van der Waals surface area contributed by atoms with E-state index in [1.807, 2.05) is 52.8 Å². The van der Waals surface area contributed by atoms with Crippen molar-refractivity contribution in [3.8, 4) is 5.75 Å². The number of ketones is 1. The van der Waals surface area contributed by atoms with Gasteiger partial charge in [0.15, 0.2) is 10.9 Å². The fourth-order valence-corrected chi connectivity index (χ4v) is 3.20. The van der Waals surface area contributed by atoms with E-state index >= 15 is 0 Å². The number of amides is 1. The Labute approximate surface area is 153 Å². The van der Waals surface area contributed by atoms with Crippen molar-refractivity contribution in [3.05, 3.63) is 40.0 Å². The minimum absolute atomic E-state index is 0.0706. The fourth-order valence-electron chi connectivity index (χ4n) is 2.54. The molecule has 0 saturated heterocycles. The third kappa shape index (κ3) is 5.01. The molecule has 0 spiro atoms. The van der Waals surface area contributed by atoms with Gasteiger partial charge in [0.1, 0.15) is 11.4 Å². The fraction of sp³-hybridized carbons (Fsp3) is 0.474. The summed E-state index contributed by atoms with van der Waals surface area (Å²) >= 11 is 1.52. The molecule has 1 atom stereocenters. The van der Waals surface area contributed by atoms with Gasteiger partial charge in [0.2, 0.25) is 0 Å². The van der Waals surface area contributed by atoms with Crippen molar-refractivity contribution in [1.29, 1.82) is 0 Å². The lowest BCUT2D eigenvalue weighted by Gasteiger charge is -2.28. The summed E-state index contributed by atoms with van der Waals surface area (Å²) in [7, 11) is 0. The standard InChI is InChI=1S/C19H25NO4S/c1-7-25-16-10-15(20-18(22)24-19(4,5)6)14-9-11(2)8-13(12(3)21)17(14)23-16/h8-10,15H,7H2,1-6H3,(H,20,22). The zero-order valence-corrected chi connectivity index (χ0v) is 16.4. The Kier molecular flexibility index (Phi) is 5.83. The summed E-state index contributed by atoms with van der Waals surface area (Å²) in [6, 6.07) is 3.32. The Morgan fingerprint density at radius 2 is 2.00 bits per heavy atom. The minimum Gasteiger partial charge on any atom is -0.450 e. The van der Waals surface area contributed by atoms with E-state index in [4.69, 9.17) is 9.47 Å². The predicted molar refractivity (Wildman–Crippen MR) is 100 cm³/mol. The number of hydrogen-bond donors (Lipinski definition) is 1. The summed E-state index contributed by atoms with van der Waals surface area (Å²) < 4.78 is 11.3. The molecule has 1 unspecified atom stereocenters. The van der Waals surface area contributed by atoms with Crippen LogP contribution in [-0.4, -0.2) is 23.2 Å². The lowest BCUT2D eigenvalue weighted by atomic mass is 9.96. The van der Waals surface area contributed by atoms with E-state index in [0.29, 0.717) is 16.4 Å². The molecule has 25 heavy (non-hydrogen) atoms. The number of benzene rings is 1. The molecule has 0 radical (unpaired) electrons. The minimum atomic E-state index is -0.583. The SMILES string of the molecule is CCSC1=CC(NC(=O)OC(C)(C)C)c2cc(C)cc(C(C)=O)c2O1. The van der Waals surface area contributed by atoms with Gasteiger partial charge in [-0.25, -0.2) is 4.79 Å². The summed E-state index contributed by atoms with van der Waals surface area (Å²) in [4.78, 5) is 24.3. The third-order valence-electron chi connectivity index (χ3n) is 3.44. The highest BCUT2D eigenvalue weighted by molar-refractivity contribution is 8.02. The van der Waals surface area contributed by atoms with Crippen LogP contribution in [0.4, 0.5) is 4.79 Å². The first-order chi connectivity index (χ1) is 11.6. The molecule has 0 aromatic heterocycles. The van der Waals surface area contributed by atoms with Crippen molar-refractivity contribution < 1.29 is 19.1 Å². The number of alkyl carbamates (subject to hydrolysis) is 1. The van der Waals surface area contributed by atoms with Gasteiger partial charge >= 0.3 is 6.09 Å². The van der Waals surface area contributed by atoms with E-state index in [2.05, 4.69) is 5.32 Å². The summed E-state index contributed by atoms with van der Waals surface area (Å²) in [6.45, 7) is 10.9. The largest absolute Gasteiger partial charge is 0.450 e. The van der Waals surface area contributed by atoms with Crippen molar-refractivity contribution in [1.82, 2.24) is 5.32 Å². The summed E-state index contributed by atoms with van der Waals surface area (Å²) in [5.74, 6) is 1.26. The number of rotatable bonds is 4. The lowest BCUT2D eigenvalue weighted by molar-refractivity contribution is 0.0512. The number of ether oxygens (including phenoxy) is 2. The quantitative estimate of drug-likeness (QED) is 0.782. The highest BCUT2D eigenvalue weighted by Crippen LogP contribution is 2.40. The monoisotopic (exact) mass is 363 g/mol. The lowest BCUT2D eigenvalue weighted by Crippen LogP contribution is -2.35. The number of aryl methyl sites for hydroxylation is 1. The molecule has 1 amide bonds. The number of carbonyl (C=O) groups excluding carboxylic acids is 2. The van der Waals surface area contributed by atoms with Gasteiger partial charge in [-0.1, -0.05) is 18.7 Å². The van der Waals surface area contributed by atoms with Crippen LogP contribution in [0.3, 0.4) is 0 Å². The van der Waals surface area contributed by atoms with Crippen LogP contribution < -0.4 is 10.1 Å². The number of carbonyl (C=O) groups is 2. The highest BCUT2D eigenvalue weighted by Gasteiger charge is 2.29. The normalized spacial score (nSPS) is 16.4. The van der Waals surface area contributed by atoms with Crippen molar-refractivity contribution in [3.63, 3.8) is 0 Å². The Morgan fingerprint density at radius 3 is 2.56 bits per heavy atom. The van der Waals surface area contributed by atoms with Crippen LogP contribution in [0.15, 0.2) is 23.3 Å². The van der Waals surface area contributed by atoms with Crippen LogP contribution in [0.1, 0.15) is 62.1 Å². The van der Waals surface area contributed by atoms with Gasteiger partial charge in [0.05, 0.1) is 11.6 Å². The molecule has 1 aliphatic heterocycles. The van der Waals surface area contributed by atoms with E-state index in [-0.39, 0.29) is 5.78 Å². The van der Waals surface area contributed by atoms with Gasteiger partial charge in [0, 0.05) is 5.56 Å². The maximum absolute atomic E-state index is 12.2. The van der Waals surface area contributed by atoms with Crippen LogP contribution in [-0.2, 0) is 4.74 Å². The molecule has 0 bridgehead atoms. The second-order valence-electron chi connectivity index (χ2n) is 6.93. The van der Waals surface area contributed by atoms with E-state index in [1.54, 1.807) is 0 Å². The van der Waals surface area contributed by atoms with Crippen LogP contribution in [0, 0.1) is 6.92 Å². The Hall–Kier alpha value is -1.95. The number of Topliss-reactive ketones (excluding diaryl/α,β-unsaturated/α-hetero) is 1. The van der Waals surface area contributed by atoms with Gasteiger partial charge in [-0.05, 0) is 64.1 Å². The molecule has 1 aromatic rings. The second kappa shape index (κ2) is 7.52. The van der Waals surface area contributed by atoms with Crippen LogP contribution in [0.2, 0.25) is 0 Å². The maximum atomic E-state index is 12.2. The van der Waals surface area contributed by atoms with E-state index in [1.165, 1.54) is 18.7 Å². The van der Waals surface area contributed by atoms with Gasteiger partial charge in [0.25, 0.3) is 0 Å². The predicted octanol–water partition coefficient (Wildman–Crippen LogP) is 4.75. The molecule has 5 nitrogen and oxygen atoms in total. The average molecular weight is 363 g/mol. The zero-order valence-electron chi connectivity index (χ0n) is 15.6. The average Bonchev–Trinajstić information content (AvgIpc) is 2.45. The van der Waals surface area contributed by atoms with Crippen LogP contribution in [0.5, 0.6) is 5.75 Å². The number of thioether (sulfide) groups is 1. The molecule has 0 aliphatic carbocycles. The van der Waals surface area contributed by atoms with E-state index in [0.717, 1.165) is 16.9 Å². The molecule has 6 heteroatoms. The van der Waals surface area contributed by atoms with Gasteiger partial charge in [-0.3, -0.25) is 4.79 Å². The summed E-state index contributed by atoms with van der Waals surface area (Å²) in [5, 5.41) is 3.54. The first kappa shape index (κ1) is 19.4. The molecule has 1 aliphatic rings. The molecule has 136 valence electrons. The second-order valence-corrected chi connectivity index (χ2v) is 8.20. The molecule has 1 N–H and O–H groups in total. The Bertz CT molecular complexity index is 719. The van der Waals surface area contributed by atoms with Crippen molar-refractivity contribution in [2.75, 3.05) is 5.75 Å². The van der Waals surface area contributed by atoms with Gasteiger partial charge < -0.3 is 14.8 Å². The van der Waals surface area contributed by atoms with Crippen molar-refractivity contribution in [2.24, 2.45) is 0 Å². The van der Waals surface area contributed by atoms with Crippen molar-refractivity contribution >= 4 is 23.6 Å². The first-order valence-electron chi connectivity index (χ1n) is 8.28. The summed E-state index contributed by atoms with van der Waals surface area (Å²) in [6.07, 6.45) is 1.34. The summed E-state index contributed by atoms with van der Waals surface area (Å²) in [5.41, 5.74) is 1.63. The van der Waals surface area contributed by atoms with E-state index in [9.17, 15) is 9.59 Å². The first-order valence-corrected chi connectivity index (χ1v) is 9.26. The molecule has 1 aromatic carbocycles. The maximum Gasteiger partial charge on any atom is 0.408 e. The van der Waals surface area contributed by atoms with Crippen molar-refractivity contribution in [2.45, 2.75) is 53.2 Å². The number of fused-ring (bicyclic) bond motifs is 1. The Balaban J connectivity index is 2.42. The third-order valence-corrected chi connectivity index (χ3v) is 4.23. The molecular weight excluding hydrogens is 338 g/mol. The smallest absolute Gasteiger partial charge is 0.408 e. The number of hydrogen-bond acceptors (Lipinski definition) is 5. The van der Waals surface area contributed by atoms with Gasteiger partial charge in [-0.2, -0.15) is 0 Å². The molecule has 0 saturated carbocycles. The van der Waals surface area contributed by atoms with Gasteiger partial charge in [-0.15, -0.1) is 0 Å². The highest BCUT2D eigenvalue weighted by atomic mass is 32.2. The molecule has 0 fully saturated rings. The molecule has 2 rings (SSSR count). The van der Waals surface area contributed by atoms with Crippen LogP contribution >= 0.6 is 11.8 Å². The zero-order chi connectivity index (χ0) is 18.8. The van der Waals surface area contributed by atoms with E-state index < -0.39 is 17.7 Å². The Morgan fingerprint density at radius 1 is 1.32 bits per heavy atom. The topological polar surface area (TPSA) is 64.6 Å². The van der Waals surface area contributed by atoms with Crippen LogP contribution in [0.25, 0.3) is 0 Å².